The van der Waals surface area contributed by atoms with Crippen molar-refractivity contribution in [3.05, 3.63) is 61.2 Å². The Balaban J connectivity index is 1.72. The highest BCUT2D eigenvalue weighted by molar-refractivity contribution is 7.99. The Morgan fingerprint density at radius 2 is 1.94 bits per heavy atom. The Labute approximate surface area is 184 Å². The number of primary sulfonamides is 1. The number of anilines is 1. The number of rotatable bonds is 9. The van der Waals surface area contributed by atoms with Crippen LogP contribution < -0.4 is 15.2 Å². The molecule has 0 saturated carbocycles. The van der Waals surface area contributed by atoms with E-state index in [2.05, 4.69) is 22.1 Å². The molecular formula is C20H21N5O4S2. The molecule has 3 N–H and O–H groups in total. The third-order valence-electron chi connectivity index (χ3n) is 4.18. The Kier molecular flexibility index (Phi) is 7.10. The second kappa shape index (κ2) is 9.77. The van der Waals surface area contributed by atoms with Crippen LogP contribution in [0.1, 0.15) is 0 Å². The van der Waals surface area contributed by atoms with Crippen molar-refractivity contribution in [3.63, 3.8) is 0 Å². The predicted octanol–water partition coefficient (Wildman–Crippen LogP) is 2.52. The molecule has 0 aliphatic rings. The number of nitrogens with two attached hydrogens (primary N) is 1. The summed E-state index contributed by atoms with van der Waals surface area (Å²) in [6.07, 6.45) is 1.72. The summed E-state index contributed by atoms with van der Waals surface area (Å²) in [7, 11) is -2.20. The second-order valence-electron chi connectivity index (χ2n) is 6.31. The molecule has 3 aromatic rings. The van der Waals surface area contributed by atoms with Crippen LogP contribution in [-0.4, -0.2) is 42.0 Å². The van der Waals surface area contributed by atoms with Crippen LogP contribution in [-0.2, 0) is 21.4 Å². The summed E-state index contributed by atoms with van der Waals surface area (Å²) in [6.45, 7) is 4.24. The van der Waals surface area contributed by atoms with Crippen molar-refractivity contribution in [2.75, 3.05) is 18.2 Å². The summed E-state index contributed by atoms with van der Waals surface area (Å²) in [5.41, 5.74) is 1.24. The zero-order chi connectivity index (χ0) is 22.4. The van der Waals surface area contributed by atoms with Gasteiger partial charge in [0.2, 0.25) is 15.9 Å². The molecule has 0 saturated heterocycles. The van der Waals surface area contributed by atoms with Gasteiger partial charge in [-0.25, -0.2) is 13.6 Å². The van der Waals surface area contributed by atoms with E-state index in [-0.39, 0.29) is 16.6 Å². The number of para-hydroxylation sites is 1. The molecule has 0 spiro atoms. The van der Waals surface area contributed by atoms with E-state index >= 15 is 0 Å². The largest absolute Gasteiger partial charge is 0.496 e. The molecule has 0 aliphatic carbocycles. The van der Waals surface area contributed by atoms with Crippen LogP contribution in [0.4, 0.5) is 5.69 Å². The number of hydrogen-bond donors (Lipinski definition) is 2. The Morgan fingerprint density at radius 1 is 1.23 bits per heavy atom. The van der Waals surface area contributed by atoms with Gasteiger partial charge >= 0.3 is 0 Å². The molecular weight excluding hydrogens is 438 g/mol. The average molecular weight is 460 g/mol. The van der Waals surface area contributed by atoms with Crippen LogP contribution >= 0.6 is 11.8 Å². The van der Waals surface area contributed by atoms with Crippen LogP contribution in [0.15, 0.2) is 71.2 Å². The molecule has 0 bridgehead atoms. The number of nitrogens with one attached hydrogen (secondary N) is 1. The van der Waals surface area contributed by atoms with Gasteiger partial charge in [-0.15, -0.1) is 16.8 Å². The number of ether oxygens (including phenoxy) is 1. The highest BCUT2D eigenvalue weighted by atomic mass is 32.2. The second-order valence-corrected chi connectivity index (χ2v) is 8.82. The number of thioether (sulfide) groups is 1. The molecule has 0 radical (unpaired) electrons. The number of methoxy groups -OCH3 is 1. The third kappa shape index (κ3) is 5.51. The van der Waals surface area contributed by atoms with E-state index in [0.29, 0.717) is 29.0 Å². The molecule has 1 heterocycles. The summed E-state index contributed by atoms with van der Waals surface area (Å²) in [4.78, 5) is 12.3. The number of aromatic nitrogens is 3. The lowest BCUT2D eigenvalue weighted by atomic mass is 10.2. The van der Waals surface area contributed by atoms with Crippen LogP contribution in [0.2, 0.25) is 0 Å². The fourth-order valence-electron chi connectivity index (χ4n) is 2.77. The molecule has 9 nitrogen and oxygen atoms in total. The highest BCUT2D eigenvalue weighted by Crippen LogP contribution is 2.31. The molecule has 0 aliphatic heterocycles. The number of carbonyl (C=O) groups is 1. The maximum atomic E-state index is 12.3. The van der Waals surface area contributed by atoms with Gasteiger partial charge < -0.3 is 10.1 Å². The van der Waals surface area contributed by atoms with Crippen LogP contribution in [0.3, 0.4) is 0 Å². The number of carbonyl (C=O) groups excluding carboxylic acids is 1. The van der Waals surface area contributed by atoms with Crippen molar-refractivity contribution in [1.82, 2.24) is 14.8 Å². The van der Waals surface area contributed by atoms with E-state index in [0.717, 1.165) is 5.56 Å². The van der Waals surface area contributed by atoms with Gasteiger partial charge in [-0.05, 0) is 36.4 Å². The minimum Gasteiger partial charge on any atom is -0.496 e. The van der Waals surface area contributed by atoms with Gasteiger partial charge in [-0.3, -0.25) is 9.36 Å². The van der Waals surface area contributed by atoms with Crippen LogP contribution in [0.25, 0.3) is 11.4 Å². The van der Waals surface area contributed by atoms with Crippen LogP contribution in [0.5, 0.6) is 5.75 Å². The molecule has 2 aromatic carbocycles. The first kappa shape index (κ1) is 22.5. The van der Waals surface area contributed by atoms with E-state index in [4.69, 9.17) is 9.88 Å². The number of amides is 1. The standard InChI is InChI=1S/C20H21N5O4S2/c1-3-12-25-19(16-6-4-5-7-17(16)29-2)23-24-20(25)30-13-18(26)22-14-8-10-15(11-9-14)31(21,27)28/h3-11H,1,12-13H2,2H3,(H,22,26)(H2,21,27,28). The van der Waals surface area contributed by atoms with Crippen molar-refractivity contribution in [2.24, 2.45) is 5.14 Å². The average Bonchev–Trinajstić information content (AvgIpc) is 3.14. The van der Waals surface area contributed by atoms with E-state index < -0.39 is 10.0 Å². The number of allylic oxidation sites excluding steroid dienone is 1. The number of sulfonamides is 1. The SMILES string of the molecule is C=CCn1c(SCC(=O)Nc2ccc(S(N)(=O)=O)cc2)nnc1-c1ccccc1OC. The van der Waals surface area contributed by atoms with Crippen molar-refractivity contribution in [1.29, 1.82) is 0 Å². The lowest BCUT2D eigenvalue weighted by Crippen LogP contribution is -2.15. The van der Waals surface area contributed by atoms with Crippen LogP contribution in [0, 0.1) is 0 Å². The monoisotopic (exact) mass is 459 g/mol. The molecule has 0 fully saturated rings. The van der Waals surface area contributed by atoms with Crippen molar-refractivity contribution in [3.8, 4) is 17.1 Å². The highest BCUT2D eigenvalue weighted by Gasteiger charge is 2.17. The van der Waals surface area contributed by atoms with Gasteiger partial charge in [0.1, 0.15) is 5.75 Å². The lowest BCUT2D eigenvalue weighted by Gasteiger charge is -2.10. The quantitative estimate of drug-likeness (QED) is 0.371. The van der Waals surface area contributed by atoms with Crippen molar-refractivity contribution < 1.29 is 17.9 Å². The molecule has 1 aromatic heterocycles. The molecule has 11 heteroatoms. The summed E-state index contributed by atoms with van der Waals surface area (Å²) >= 11 is 1.22. The Bertz CT molecular complexity index is 1190. The fourth-order valence-corrected chi connectivity index (χ4v) is 4.04. The summed E-state index contributed by atoms with van der Waals surface area (Å²) in [5.74, 6) is 1.08. The van der Waals surface area contributed by atoms with E-state index in [1.807, 2.05) is 28.8 Å². The predicted molar refractivity (Wildman–Crippen MR) is 119 cm³/mol. The van der Waals surface area contributed by atoms with Crippen molar-refractivity contribution >= 4 is 33.4 Å². The fraction of sp³-hybridized carbons (Fsp3) is 0.150. The molecule has 3 rings (SSSR count). The van der Waals surface area contributed by atoms with E-state index in [1.165, 1.54) is 36.0 Å². The number of benzene rings is 2. The van der Waals surface area contributed by atoms with Gasteiger partial charge in [-0.1, -0.05) is 30.0 Å². The van der Waals surface area contributed by atoms with E-state index in [9.17, 15) is 13.2 Å². The maximum Gasteiger partial charge on any atom is 0.238 e. The summed E-state index contributed by atoms with van der Waals surface area (Å²) < 4.78 is 29.9. The molecule has 0 atom stereocenters. The minimum absolute atomic E-state index is 0.0266. The summed E-state index contributed by atoms with van der Waals surface area (Å²) in [5, 5.41) is 16.8. The molecule has 162 valence electrons. The Morgan fingerprint density at radius 3 is 2.58 bits per heavy atom. The number of nitrogens with zero attached hydrogens (tertiary/aromatic N) is 3. The molecule has 31 heavy (non-hydrogen) atoms. The lowest BCUT2D eigenvalue weighted by molar-refractivity contribution is -0.113. The van der Waals surface area contributed by atoms with Gasteiger partial charge in [0.25, 0.3) is 0 Å². The van der Waals surface area contributed by atoms with Crippen molar-refractivity contribution in [2.45, 2.75) is 16.6 Å². The van der Waals surface area contributed by atoms with Gasteiger partial charge in [-0.2, -0.15) is 0 Å². The minimum atomic E-state index is -3.78. The maximum absolute atomic E-state index is 12.3. The Hall–Kier alpha value is -3.15. The number of hydrogen-bond acceptors (Lipinski definition) is 7. The van der Waals surface area contributed by atoms with Gasteiger partial charge in [0.15, 0.2) is 11.0 Å². The molecule has 1 amide bonds. The topological polar surface area (TPSA) is 129 Å². The van der Waals surface area contributed by atoms with Gasteiger partial charge in [0.05, 0.1) is 23.3 Å². The smallest absolute Gasteiger partial charge is 0.238 e. The first-order valence-electron chi connectivity index (χ1n) is 9.06. The van der Waals surface area contributed by atoms with E-state index in [1.54, 1.807) is 13.2 Å². The zero-order valence-electron chi connectivity index (χ0n) is 16.7. The summed E-state index contributed by atoms with van der Waals surface area (Å²) in [6, 6.07) is 13.1. The zero-order valence-corrected chi connectivity index (χ0v) is 18.3. The third-order valence-corrected chi connectivity index (χ3v) is 6.07. The molecule has 0 unspecified atom stereocenters. The first-order valence-corrected chi connectivity index (χ1v) is 11.6. The first-order chi connectivity index (χ1) is 14.8. The van der Waals surface area contributed by atoms with Gasteiger partial charge in [0, 0.05) is 12.2 Å². The normalized spacial score (nSPS) is 11.2.